The van der Waals surface area contributed by atoms with Gasteiger partial charge in [-0.1, -0.05) is 12.8 Å². The zero-order chi connectivity index (χ0) is 12.4. The minimum absolute atomic E-state index is 0.0544. The Morgan fingerprint density at radius 3 is 3.06 bits per heavy atom. The molecule has 0 bridgehead atoms. The van der Waals surface area contributed by atoms with Gasteiger partial charge in [0, 0.05) is 19.4 Å². The highest BCUT2D eigenvalue weighted by Gasteiger charge is 2.23. The lowest BCUT2D eigenvalue weighted by Gasteiger charge is -2.16. The monoisotopic (exact) mass is 245 g/mol. The first-order valence-electron chi connectivity index (χ1n) is 6.58. The van der Waals surface area contributed by atoms with Gasteiger partial charge >= 0.3 is 0 Å². The van der Waals surface area contributed by atoms with Crippen molar-refractivity contribution in [1.82, 2.24) is 14.9 Å². The fourth-order valence-electron chi connectivity index (χ4n) is 2.27. The molecule has 0 amide bonds. The largest absolute Gasteiger partial charge is 0.467 e. The van der Waals surface area contributed by atoms with Gasteiger partial charge in [0.2, 0.25) is 0 Å². The van der Waals surface area contributed by atoms with Crippen molar-refractivity contribution < 1.29 is 4.42 Å². The second kappa shape index (κ2) is 4.98. The minimum Gasteiger partial charge on any atom is -0.467 e. The van der Waals surface area contributed by atoms with Crippen molar-refractivity contribution in [2.24, 2.45) is 13.0 Å². The van der Waals surface area contributed by atoms with Gasteiger partial charge in [-0.3, -0.25) is 0 Å². The molecule has 1 saturated carbocycles. The molecule has 1 atom stereocenters. The van der Waals surface area contributed by atoms with Gasteiger partial charge in [0.25, 0.3) is 0 Å². The van der Waals surface area contributed by atoms with E-state index in [-0.39, 0.29) is 6.04 Å². The molecule has 1 aliphatic carbocycles. The Hall–Kier alpha value is -1.55. The third-order valence-electron chi connectivity index (χ3n) is 3.54. The lowest BCUT2D eigenvalue weighted by molar-refractivity contribution is 0.424. The van der Waals surface area contributed by atoms with Crippen LogP contribution in [0, 0.1) is 5.92 Å². The first-order chi connectivity index (χ1) is 8.84. The van der Waals surface area contributed by atoms with Crippen LogP contribution in [0.25, 0.3) is 0 Å². The van der Waals surface area contributed by atoms with Crippen LogP contribution in [0.3, 0.4) is 0 Å². The molecule has 0 radical (unpaired) electrons. The molecule has 0 saturated heterocycles. The van der Waals surface area contributed by atoms with Crippen LogP contribution in [0.4, 0.5) is 0 Å². The van der Waals surface area contributed by atoms with Crippen LogP contribution >= 0.6 is 0 Å². The average Bonchev–Trinajstić information content (AvgIpc) is 2.88. The van der Waals surface area contributed by atoms with E-state index >= 15 is 0 Å². The van der Waals surface area contributed by atoms with Gasteiger partial charge in [0.15, 0.2) is 0 Å². The Kier molecular flexibility index (Phi) is 3.19. The maximum absolute atomic E-state index is 5.53. The summed E-state index contributed by atoms with van der Waals surface area (Å²) in [6.07, 6.45) is 9.56. The predicted molar refractivity (Wildman–Crippen MR) is 69.1 cm³/mol. The van der Waals surface area contributed by atoms with Gasteiger partial charge < -0.3 is 14.3 Å². The summed E-state index contributed by atoms with van der Waals surface area (Å²) in [5.74, 6) is 2.87. The second-order valence-electron chi connectivity index (χ2n) is 5.03. The van der Waals surface area contributed by atoms with Gasteiger partial charge in [0.05, 0.1) is 6.26 Å². The molecule has 4 nitrogen and oxygen atoms in total. The van der Waals surface area contributed by atoms with Crippen LogP contribution < -0.4 is 5.32 Å². The Morgan fingerprint density at radius 1 is 1.56 bits per heavy atom. The smallest absolute Gasteiger partial charge is 0.133 e. The molecule has 96 valence electrons. The van der Waals surface area contributed by atoms with Crippen LogP contribution in [0.15, 0.2) is 35.2 Å². The number of hydrogen-bond acceptors (Lipinski definition) is 3. The molecule has 18 heavy (non-hydrogen) atoms. The van der Waals surface area contributed by atoms with Gasteiger partial charge in [-0.25, -0.2) is 4.98 Å². The Labute approximate surface area is 107 Å². The lowest BCUT2D eigenvalue weighted by Crippen LogP contribution is -2.26. The standard InChI is InChI=1S/C14H19N3O/c1-17-9-8-16-14(17)13(12-3-2-10-18-12)15-7-6-11-4-5-11/h2-3,8-11,13,15H,4-7H2,1H3. The predicted octanol–water partition coefficient (Wildman–Crippen LogP) is 2.49. The molecule has 0 spiro atoms. The van der Waals surface area contributed by atoms with E-state index in [9.17, 15) is 0 Å². The second-order valence-corrected chi connectivity index (χ2v) is 5.03. The summed E-state index contributed by atoms with van der Waals surface area (Å²) in [7, 11) is 2.01. The fourth-order valence-corrected chi connectivity index (χ4v) is 2.27. The highest BCUT2D eigenvalue weighted by molar-refractivity contribution is 5.15. The van der Waals surface area contributed by atoms with E-state index in [1.807, 2.05) is 36.1 Å². The molecule has 2 aromatic heterocycles. The van der Waals surface area contributed by atoms with E-state index in [0.29, 0.717) is 0 Å². The summed E-state index contributed by atoms with van der Waals surface area (Å²) in [5, 5.41) is 3.56. The van der Waals surface area contributed by atoms with E-state index in [2.05, 4.69) is 10.3 Å². The van der Waals surface area contributed by atoms with Crippen LogP contribution in [0.1, 0.15) is 36.9 Å². The number of hydrogen-bond donors (Lipinski definition) is 1. The van der Waals surface area contributed by atoms with E-state index in [1.54, 1.807) is 6.26 Å². The number of nitrogens with zero attached hydrogens (tertiary/aromatic N) is 2. The topological polar surface area (TPSA) is 43.0 Å². The SMILES string of the molecule is Cn1ccnc1C(NCCC1CC1)c1ccco1. The first kappa shape index (κ1) is 11.5. The van der Waals surface area contributed by atoms with Crippen molar-refractivity contribution in [3.63, 3.8) is 0 Å². The summed E-state index contributed by atoms with van der Waals surface area (Å²) in [5.41, 5.74) is 0. The summed E-state index contributed by atoms with van der Waals surface area (Å²) in [6, 6.07) is 3.98. The zero-order valence-corrected chi connectivity index (χ0v) is 10.7. The van der Waals surface area contributed by atoms with Crippen molar-refractivity contribution in [2.75, 3.05) is 6.54 Å². The van der Waals surface area contributed by atoms with E-state index in [0.717, 1.165) is 24.0 Å². The van der Waals surface area contributed by atoms with Crippen molar-refractivity contribution in [3.05, 3.63) is 42.4 Å². The number of aromatic nitrogens is 2. The molecule has 3 rings (SSSR count). The van der Waals surface area contributed by atoms with Crippen LogP contribution in [0.5, 0.6) is 0 Å². The fraction of sp³-hybridized carbons (Fsp3) is 0.500. The zero-order valence-electron chi connectivity index (χ0n) is 10.7. The molecule has 2 heterocycles. The van der Waals surface area contributed by atoms with Crippen molar-refractivity contribution in [2.45, 2.75) is 25.3 Å². The van der Waals surface area contributed by atoms with Crippen LogP contribution in [0.2, 0.25) is 0 Å². The molecule has 1 unspecified atom stereocenters. The van der Waals surface area contributed by atoms with E-state index in [1.165, 1.54) is 19.3 Å². The van der Waals surface area contributed by atoms with Gasteiger partial charge in [-0.05, 0) is 31.0 Å². The number of nitrogens with one attached hydrogen (secondary N) is 1. The quantitative estimate of drug-likeness (QED) is 0.850. The van der Waals surface area contributed by atoms with Crippen molar-refractivity contribution >= 4 is 0 Å². The molecule has 0 aliphatic heterocycles. The van der Waals surface area contributed by atoms with E-state index < -0.39 is 0 Å². The van der Waals surface area contributed by atoms with Gasteiger partial charge in [-0.15, -0.1) is 0 Å². The maximum atomic E-state index is 5.53. The molecule has 4 heteroatoms. The van der Waals surface area contributed by atoms with E-state index in [4.69, 9.17) is 4.42 Å². The number of furan rings is 1. The summed E-state index contributed by atoms with van der Waals surface area (Å²) < 4.78 is 7.57. The highest BCUT2D eigenvalue weighted by Crippen LogP contribution is 2.32. The lowest BCUT2D eigenvalue weighted by atomic mass is 10.2. The summed E-state index contributed by atoms with van der Waals surface area (Å²) >= 11 is 0. The van der Waals surface area contributed by atoms with Gasteiger partial charge in [-0.2, -0.15) is 0 Å². The highest BCUT2D eigenvalue weighted by atomic mass is 16.3. The third-order valence-corrected chi connectivity index (χ3v) is 3.54. The molecular formula is C14H19N3O. The van der Waals surface area contributed by atoms with Gasteiger partial charge in [0.1, 0.15) is 17.6 Å². The average molecular weight is 245 g/mol. The minimum atomic E-state index is 0.0544. The molecular weight excluding hydrogens is 226 g/mol. The number of aryl methyl sites for hydroxylation is 1. The number of imidazole rings is 1. The van der Waals surface area contributed by atoms with Crippen molar-refractivity contribution in [3.8, 4) is 0 Å². The Morgan fingerprint density at radius 2 is 2.44 bits per heavy atom. The number of rotatable bonds is 6. The summed E-state index contributed by atoms with van der Waals surface area (Å²) in [4.78, 5) is 4.43. The van der Waals surface area contributed by atoms with Crippen LogP contribution in [-0.2, 0) is 7.05 Å². The van der Waals surface area contributed by atoms with Crippen molar-refractivity contribution in [1.29, 1.82) is 0 Å². The Balaban J connectivity index is 1.73. The Bertz CT molecular complexity index is 485. The molecule has 1 aliphatic rings. The van der Waals surface area contributed by atoms with Crippen LogP contribution in [-0.4, -0.2) is 16.1 Å². The molecule has 2 aromatic rings. The molecule has 1 N–H and O–H groups in total. The normalized spacial score (nSPS) is 16.9. The summed E-state index contributed by atoms with van der Waals surface area (Å²) in [6.45, 7) is 1.02. The third kappa shape index (κ3) is 2.48. The molecule has 1 fully saturated rings. The first-order valence-corrected chi connectivity index (χ1v) is 6.58. The maximum Gasteiger partial charge on any atom is 0.133 e. The molecule has 0 aromatic carbocycles.